The molecule has 1 atom stereocenters. The summed E-state index contributed by atoms with van der Waals surface area (Å²) in [5.74, 6) is 0.0432. The molecule has 0 unspecified atom stereocenters. The van der Waals surface area contributed by atoms with Gasteiger partial charge in [-0.15, -0.1) is 0 Å². The number of rotatable bonds is 7. The number of carbonyl (C=O) groups is 2. The summed E-state index contributed by atoms with van der Waals surface area (Å²) in [6.45, 7) is -0.618. The van der Waals surface area contributed by atoms with Gasteiger partial charge in [-0.2, -0.15) is 0 Å². The van der Waals surface area contributed by atoms with Gasteiger partial charge in [0.05, 0.1) is 13.2 Å². The van der Waals surface area contributed by atoms with E-state index >= 15 is 0 Å². The number of nitrogens with one attached hydrogen (secondary N) is 1. The third-order valence-corrected chi connectivity index (χ3v) is 4.48. The van der Waals surface area contributed by atoms with Crippen LogP contribution in [0.2, 0.25) is 0 Å². The molecule has 0 spiro atoms. The predicted octanol–water partition coefficient (Wildman–Crippen LogP) is 2.81. The van der Waals surface area contributed by atoms with Gasteiger partial charge in [0, 0.05) is 0 Å². The molecule has 6 nitrogen and oxygen atoms in total. The maximum Gasteiger partial charge on any atom is 0.344 e. The van der Waals surface area contributed by atoms with Gasteiger partial charge in [0.25, 0.3) is 5.91 Å². The molecular formula is C21H23NO5. The highest BCUT2D eigenvalue weighted by molar-refractivity contribution is 5.81. The zero-order chi connectivity index (χ0) is 19.1. The van der Waals surface area contributed by atoms with Crippen molar-refractivity contribution in [3.8, 4) is 11.5 Å². The Hall–Kier alpha value is -3.02. The number of hydrogen-bond acceptors (Lipinski definition) is 5. The van der Waals surface area contributed by atoms with Gasteiger partial charge < -0.3 is 19.5 Å². The molecule has 0 saturated heterocycles. The van der Waals surface area contributed by atoms with Crippen LogP contribution in [0.1, 0.15) is 30.0 Å². The van der Waals surface area contributed by atoms with Crippen LogP contribution >= 0.6 is 0 Å². The van der Waals surface area contributed by atoms with Gasteiger partial charge in [-0.05, 0) is 42.5 Å². The van der Waals surface area contributed by atoms with Crippen LogP contribution in [0.3, 0.4) is 0 Å². The first-order chi connectivity index (χ1) is 13.2. The molecule has 0 bridgehead atoms. The fraction of sp³-hybridized carbons (Fsp3) is 0.333. The first-order valence-corrected chi connectivity index (χ1v) is 8.96. The smallest absolute Gasteiger partial charge is 0.344 e. The van der Waals surface area contributed by atoms with Crippen LogP contribution in [-0.2, 0) is 20.7 Å². The summed E-state index contributed by atoms with van der Waals surface area (Å²) in [5.41, 5.74) is 2.40. The molecule has 0 aliphatic heterocycles. The lowest BCUT2D eigenvalue weighted by molar-refractivity contribution is -0.150. The Labute approximate surface area is 158 Å². The van der Waals surface area contributed by atoms with Gasteiger partial charge in [-0.3, -0.25) is 4.79 Å². The summed E-state index contributed by atoms with van der Waals surface area (Å²) >= 11 is 0. The number of benzene rings is 2. The summed E-state index contributed by atoms with van der Waals surface area (Å²) in [6, 6.07) is 15.1. The minimum Gasteiger partial charge on any atom is -0.493 e. The van der Waals surface area contributed by atoms with Crippen molar-refractivity contribution in [3.63, 3.8) is 0 Å². The van der Waals surface area contributed by atoms with Gasteiger partial charge in [0.1, 0.15) is 0 Å². The van der Waals surface area contributed by atoms with E-state index < -0.39 is 5.97 Å². The summed E-state index contributed by atoms with van der Waals surface area (Å²) in [6.07, 6.45) is 2.93. The molecule has 3 rings (SSSR count). The lowest BCUT2D eigenvalue weighted by atomic mass is 9.88. The molecule has 0 heterocycles. The monoisotopic (exact) mass is 369 g/mol. The fourth-order valence-corrected chi connectivity index (χ4v) is 3.20. The van der Waals surface area contributed by atoms with Crippen LogP contribution in [0.4, 0.5) is 0 Å². The van der Waals surface area contributed by atoms with Crippen LogP contribution < -0.4 is 14.8 Å². The normalized spacial score (nSPS) is 15.4. The molecule has 1 N–H and O–H groups in total. The van der Waals surface area contributed by atoms with Crippen molar-refractivity contribution in [1.82, 2.24) is 5.32 Å². The summed E-state index contributed by atoms with van der Waals surface area (Å²) in [7, 11) is 1.52. The van der Waals surface area contributed by atoms with Crippen molar-refractivity contribution < 1.29 is 23.8 Å². The highest BCUT2D eigenvalue weighted by atomic mass is 16.6. The zero-order valence-electron chi connectivity index (χ0n) is 15.3. The van der Waals surface area contributed by atoms with E-state index in [0.29, 0.717) is 11.5 Å². The van der Waals surface area contributed by atoms with Crippen molar-refractivity contribution in [2.24, 2.45) is 0 Å². The molecule has 2 aromatic carbocycles. The molecule has 1 aliphatic rings. The number of methoxy groups -OCH3 is 1. The maximum absolute atomic E-state index is 12.2. The van der Waals surface area contributed by atoms with Crippen molar-refractivity contribution in [2.75, 3.05) is 20.3 Å². The number of fused-ring (bicyclic) bond motifs is 1. The van der Waals surface area contributed by atoms with E-state index in [1.54, 1.807) is 24.3 Å². The van der Waals surface area contributed by atoms with Crippen molar-refractivity contribution in [3.05, 3.63) is 59.7 Å². The minimum atomic E-state index is -0.611. The summed E-state index contributed by atoms with van der Waals surface area (Å²) in [4.78, 5) is 24.0. The molecule has 0 radical (unpaired) electrons. The quantitative estimate of drug-likeness (QED) is 0.760. The Morgan fingerprint density at radius 1 is 1.04 bits per heavy atom. The number of amides is 1. The van der Waals surface area contributed by atoms with E-state index in [0.717, 1.165) is 24.8 Å². The molecule has 0 saturated carbocycles. The van der Waals surface area contributed by atoms with Gasteiger partial charge >= 0.3 is 5.97 Å². The Kier molecular flexibility index (Phi) is 6.30. The second-order valence-corrected chi connectivity index (χ2v) is 6.31. The Balaban J connectivity index is 1.45. The fourth-order valence-electron chi connectivity index (χ4n) is 3.20. The van der Waals surface area contributed by atoms with E-state index in [9.17, 15) is 9.59 Å². The Morgan fingerprint density at radius 2 is 1.78 bits per heavy atom. The highest BCUT2D eigenvalue weighted by Crippen LogP contribution is 2.29. The molecule has 0 fully saturated rings. The average molecular weight is 369 g/mol. The maximum atomic E-state index is 12.2. The summed E-state index contributed by atoms with van der Waals surface area (Å²) < 4.78 is 15.5. The third kappa shape index (κ3) is 5.00. The standard InChI is InChI=1S/C21H23NO5/c1-25-18-11-4-5-12-19(18)26-14-21(24)27-13-20(23)22-17-10-6-8-15-7-2-3-9-16(15)17/h2-5,7,9,11-12,17H,6,8,10,13-14H2,1H3,(H,22,23)/t17-/m1/s1. The van der Waals surface area contributed by atoms with Crippen molar-refractivity contribution >= 4 is 11.9 Å². The first kappa shape index (κ1) is 18.8. The van der Waals surface area contributed by atoms with E-state index in [1.165, 1.54) is 12.7 Å². The van der Waals surface area contributed by atoms with E-state index in [1.807, 2.05) is 18.2 Å². The molecule has 1 amide bonds. The van der Waals surface area contributed by atoms with Gasteiger partial charge in [0.15, 0.2) is 24.7 Å². The topological polar surface area (TPSA) is 73.9 Å². The second-order valence-electron chi connectivity index (χ2n) is 6.31. The molecular weight excluding hydrogens is 346 g/mol. The number of ether oxygens (including phenoxy) is 3. The van der Waals surface area contributed by atoms with Crippen LogP contribution in [0, 0.1) is 0 Å². The highest BCUT2D eigenvalue weighted by Gasteiger charge is 2.21. The largest absolute Gasteiger partial charge is 0.493 e. The van der Waals surface area contributed by atoms with Crippen LogP contribution in [0.15, 0.2) is 48.5 Å². The van der Waals surface area contributed by atoms with E-state index in [-0.39, 0.29) is 25.2 Å². The van der Waals surface area contributed by atoms with Crippen LogP contribution in [0.5, 0.6) is 11.5 Å². The SMILES string of the molecule is COc1ccccc1OCC(=O)OCC(=O)N[C@@H]1CCCc2ccccc21. The molecule has 27 heavy (non-hydrogen) atoms. The first-order valence-electron chi connectivity index (χ1n) is 8.96. The predicted molar refractivity (Wildman–Crippen MR) is 99.7 cm³/mol. The van der Waals surface area contributed by atoms with Gasteiger partial charge in [0.2, 0.25) is 0 Å². The van der Waals surface area contributed by atoms with Crippen LogP contribution in [0.25, 0.3) is 0 Å². The number of carbonyl (C=O) groups excluding carboxylic acids is 2. The van der Waals surface area contributed by atoms with E-state index in [2.05, 4.69) is 11.4 Å². The Morgan fingerprint density at radius 3 is 2.59 bits per heavy atom. The number of aryl methyl sites for hydroxylation is 1. The lowest BCUT2D eigenvalue weighted by Gasteiger charge is -2.26. The minimum absolute atomic E-state index is 0.0361. The number of para-hydroxylation sites is 2. The zero-order valence-corrected chi connectivity index (χ0v) is 15.3. The van der Waals surface area contributed by atoms with Gasteiger partial charge in [-0.25, -0.2) is 4.79 Å². The second kappa shape index (κ2) is 9.07. The van der Waals surface area contributed by atoms with Crippen molar-refractivity contribution in [2.45, 2.75) is 25.3 Å². The number of esters is 1. The Bertz CT molecular complexity index is 805. The lowest BCUT2D eigenvalue weighted by Crippen LogP contribution is -2.34. The molecule has 142 valence electrons. The molecule has 0 aromatic heterocycles. The molecule has 2 aromatic rings. The molecule has 1 aliphatic carbocycles. The van der Waals surface area contributed by atoms with Crippen molar-refractivity contribution in [1.29, 1.82) is 0 Å². The van der Waals surface area contributed by atoms with Crippen LogP contribution in [-0.4, -0.2) is 32.2 Å². The molecule has 6 heteroatoms. The number of hydrogen-bond donors (Lipinski definition) is 1. The van der Waals surface area contributed by atoms with Gasteiger partial charge in [-0.1, -0.05) is 36.4 Å². The third-order valence-electron chi connectivity index (χ3n) is 4.48. The average Bonchev–Trinajstić information content (AvgIpc) is 2.71. The van der Waals surface area contributed by atoms with E-state index in [4.69, 9.17) is 14.2 Å². The summed E-state index contributed by atoms with van der Waals surface area (Å²) in [5, 5.41) is 2.95.